The Hall–Kier alpha value is -1.95. The second kappa shape index (κ2) is 4.50. The van der Waals surface area contributed by atoms with Crippen molar-refractivity contribution in [2.24, 2.45) is 7.05 Å². The lowest BCUT2D eigenvalue weighted by atomic mass is 10.1. The summed E-state index contributed by atoms with van der Waals surface area (Å²) in [5, 5.41) is 10.0. The molecule has 2 aromatic rings. The summed E-state index contributed by atoms with van der Waals surface area (Å²) in [5.74, 6) is 0.866. The van der Waals surface area contributed by atoms with Gasteiger partial charge >= 0.3 is 0 Å². The Bertz CT molecular complexity index is 590. The molecular weight excluding hydrogens is 212 g/mol. The molecule has 1 aromatic heterocycles. The van der Waals surface area contributed by atoms with Crippen LogP contribution in [0.2, 0.25) is 0 Å². The summed E-state index contributed by atoms with van der Waals surface area (Å²) in [6, 6.07) is 8.28. The number of nitriles is 1. The van der Waals surface area contributed by atoms with Gasteiger partial charge in [0.05, 0.1) is 19.1 Å². The smallest absolute Gasteiger partial charge is 0.120 e. The van der Waals surface area contributed by atoms with E-state index in [4.69, 9.17) is 10.00 Å². The first kappa shape index (κ1) is 11.5. The number of rotatable bonds is 3. The molecule has 1 heterocycles. The Labute approximate surface area is 101 Å². The summed E-state index contributed by atoms with van der Waals surface area (Å²) in [7, 11) is 2.03. The van der Waals surface area contributed by atoms with Crippen molar-refractivity contribution in [2.45, 2.75) is 20.3 Å². The van der Waals surface area contributed by atoms with Gasteiger partial charge in [0.25, 0.3) is 0 Å². The van der Waals surface area contributed by atoms with Crippen LogP contribution in [0.25, 0.3) is 10.9 Å². The zero-order chi connectivity index (χ0) is 12.4. The first-order valence-electron chi connectivity index (χ1n) is 5.76. The highest BCUT2D eigenvalue weighted by atomic mass is 16.5. The van der Waals surface area contributed by atoms with E-state index in [1.54, 1.807) is 0 Å². The van der Waals surface area contributed by atoms with E-state index < -0.39 is 0 Å². The van der Waals surface area contributed by atoms with Crippen LogP contribution in [0, 0.1) is 18.3 Å². The maximum atomic E-state index is 8.90. The highest BCUT2D eigenvalue weighted by molar-refractivity contribution is 5.87. The molecule has 0 radical (unpaired) electrons. The number of hydrogen-bond acceptors (Lipinski definition) is 2. The van der Waals surface area contributed by atoms with Crippen LogP contribution in [0.3, 0.4) is 0 Å². The molecule has 88 valence electrons. The van der Waals surface area contributed by atoms with E-state index in [1.807, 2.05) is 39.1 Å². The van der Waals surface area contributed by atoms with Crippen molar-refractivity contribution in [3.8, 4) is 11.8 Å². The summed E-state index contributed by atoms with van der Waals surface area (Å²) in [5.41, 5.74) is 3.40. The van der Waals surface area contributed by atoms with Crippen LogP contribution in [0.1, 0.15) is 18.2 Å². The molecule has 0 atom stereocenters. The van der Waals surface area contributed by atoms with Crippen LogP contribution in [0.5, 0.6) is 5.75 Å². The summed E-state index contributed by atoms with van der Waals surface area (Å²) in [4.78, 5) is 0. The van der Waals surface area contributed by atoms with Crippen molar-refractivity contribution < 1.29 is 4.74 Å². The van der Waals surface area contributed by atoms with Gasteiger partial charge in [0, 0.05) is 23.6 Å². The van der Waals surface area contributed by atoms with Crippen LogP contribution in [-0.2, 0) is 13.5 Å². The van der Waals surface area contributed by atoms with Crippen molar-refractivity contribution in [2.75, 3.05) is 6.61 Å². The molecule has 0 fully saturated rings. The third-order valence-electron chi connectivity index (χ3n) is 3.16. The molecule has 0 bridgehead atoms. The summed E-state index contributed by atoms with van der Waals surface area (Å²) in [6.07, 6.45) is 0.443. The summed E-state index contributed by atoms with van der Waals surface area (Å²) in [6.45, 7) is 4.68. The number of benzene rings is 1. The van der Waals surface area contributed by atoms with Crippen LogP contribution in [0.4, 0.5) is 0 Å². The maximum Gasteiger partial charge on any atom is 0.120 e. The van der Waals surface area contributed by atoms with Gasteiger partial charge in [-0.3, -0.25) is 0 Å². The monoisotopic (exact) mass is 228 g/mol. The first-order valence-corrected chi connectivity index (χ1v) is 5.76. The topological polar surface area (TPSA) is 37.9 Å². The fourth-order valence-corrected chi connectivity index (χ4v) is 2.19. The molecule has 0 saturated heterocycles. The normalized spacial score (nSPS) is 10.5. The molecule has 3 nitrogen and oxygen atoms in total. The second-order valence-electron chi connectivity index (χ2n) is 4.07. The van der Waals surface area contributed by atoms with Crippen molar-refractivity contribution in [3.63, 3.8) is 0 Å². The molecule has 0 saturated carbocycles. The number of nitrogens with zero attached hydrogens (tertiary/aromatic N) is 2. The molecule has 0 N–H and O–H groups in total. The predicted molar refractivity (Wildman–Crippen MR) is 68.1 cm³/mol. The van der Waals surface area contributed by atoms with E-state index in [0.717, 1.165) is 27.9 Å². The van der Waals surface area contributed by atoms with E-state index in [2.05, 4.69) is 10.6 Å². The van der Waals surface area contributed by atoms with Gasteiger partial charge in [0.15, 0.2) is 0 Å². The predicted octanol–water partition coefficient (Wildman–Crippen LogP) is 2.95. The molecule has 1 aromatic carbocycles. The lowest BCUT2D eigenvalue weighted by Crippen LogP contribution is -1.92. The quantitative estimate of drug-likeness (QED) is 0.810. The fraction of sp³-hybridized carbons (Fsp3) is 0.357. The zero-order valence-electron chi connectivity index (χ0n) is 10.4. The van der Waals surface area contributed by atoms with Crippen LogP contribution >= 0.6 is 0 Å². The number of aryl methyl sites for hydroxylation is 1. The number of fused-ring (bicyclic) bond motifs is 1. The Balaban J connectivity index is 2.66. The molecule has 0 unspecified atom stereocenters. The zero-order valence-corrected chi connectivity index (χ0v) is 10.4. The lowest BCUT2D eigenvalue weighted by Gasteiger charge is -2.03. The molecular formula is C14H16N2O. The fourth-order valence-electron chi connectivity index (χ4n) is 2.19. The standard InChI is InChI=1S/C14H16N2O/c1-4-17-11-5-6-14-13(9-11)12(7-8-15)10(2)16(14)3/h5-6,9H,4,7H2,1-3H3. The SMILES string of the molecule is CCOc1ccc2c(c1)c(CC#N)c(C)n2C. The lowest BCUT2D eigenvalue weighted by molar-refractivity contribution is 0.340. The van der Waals surface area contributed by atoms with Crippen molar-refractivity contribution in [3.05, 3.63) is 29.5 Å². The van der Waals surface area contributed by atoms with E-state index in [0.29, 0.717) is 13.0 Å². The van der Waals surface area contributed by atoms with Gasteiger partial charge in [0.1, 0.15) is 5.75 Å². The molecule has 2 rings (SSSR count). The van der Waals surface area contributed by atoms with E-state index >= 15 is 0 Å². The highest BCUT2D eigenvalue weighted by Gasteiger charge is 2.12. The van der Waals surface area contributed by atoms with Gasteiger partial charge in [-0.15, -0.1) is 0 Å². The van der Waals surface area contributed by atoms with Crippen molar-refractivity contribution >= 4 is 10.9 Å². The Morgan fingerprint density at radius 2 is 2.18 bits per heavy atom. The van der Waals surface area contributed by atoms with Gasteiger partial charge < -0.3 is 9.30 Å². The number of hydrogen-bond donors (Lipinski definition) is 0. The highest BCUT2D eigenvalue weighted by Crippen LogP contribution is 2.28. The van der Waals surface area contributed by atoms with Gasteiger partial charge in [-0.05, 0) is 37.6 Å². The summed E-state index contributed by atoms with van der Waals surface area (Å²) >= 11 is 0. The molecule has 0 aliphatic carbocycles. The largest absolute Gasteiger partial charge is 0.494 e. The van der Waals surface area contributed by atoms with Crippen molar-refractivity contribution in [1.82, 2.24) is 4.57 Å². The third kappa shape index (κ3) is 1.87. The average molecular weight is 228 g/mol. The second-order valence-corrected chi connectivity index (χ2v) is 4.07. The van der Waals surface area contributed by atoms with Crippen LogP contribution < -0.4 is 4.74 Å². The molecule has 0 amide bonds. The minimum atomic E-state index is 0.443. The minimum Gasteiger partial charge on any atom is -0.494 e. The van der Waals surface area contributed by atoms with E-state index in [9.17, 15) is 0 Å². The van der Waals surface area contributed by atoms with E-state index in [-0.39, 0.29) is 0 Å². The first-order chi connectivity index (χ1) is 8.19. The Morgan fingerprint density at radius 3 is 2.82 bits per heavy atom. The van der Waals surface area contributed by atoms with Crippen LogP contribution in [0.15, 0.2) is 18.2 Å². The van der Waals surface area contributed by atoms with Crippen LogP contribution in [-0.4, -0.2) is 11.2 Å². The number of aromatic nitrogens is 1. The minimum absolute atomic E-state index is 0.443. The van der Waals surface area contributed by atoms with E-state index in [1.165, 1.54) is 0 Å². The maximum absolute atomic E-state index is 8.90. The van der Waals surface area contributed by atoms with Gasteiger partial charge in [-0.2, -0.15) is 5.26 Å². The van der Waals surface area contributed by atoms with Gasteiger partial charge in [0.2, 0.25) is 0 Å². The van der Waals surface area contributed by atoms with Gasteiger partial charge in [-0.25, -0.2) is 0 Å². The molecule has 0 aliphatic rings. The van der Waals surface area contributed by atoms with Crippen molar-refractivity contribution in [1.29, 1.82) is 5.26 Å². The third-order valence-corrected chi connectivity index (χ3v) is 3.16. The molecule has 0 spiro atoms. The molecule has 17 heavy (non-hydrogen) atoms. The Kier molecular flexibility index (Phi) is 3.06. The summed E-state index contributed by atoms with van der Waals surface area (Å²) < 4.78 is 7.63. The Morgan fingerprint density at radius 1 is 1.41 bits per heavy atom. The number of ether oxygens (including phenoxy) is 1. The van der Waals surface area contributed by atoms with Gasteiger partial charge in [-0.1, -0.05) is 0 Å². The average Bonchev–Trinajstić information content (AvgIpc) is 2.55. The molecule has 3 heteroatoms. The molecule has 0 aliphatic heterocycles.